The van der Waals surface area contributed by atoms with Crippen LogP contribution in [0.25, 0.3) is 0 Å². The minimum Gasteiger partial charge on any atom is -0.462 e. The molecule has 0 heterocycles. The highest BCUT2D eigenvalue weighted by Gasteiger charge is 2.20. The van der Waals surface area contributed by atoms with Crippen LogP contribution in [0, 0.1) is 0 Å². The number of rotatable bonds is 72. The first-order valence-electron chi connectivity index (χ1n) is 38.0. The third kappa shape index (κ3) is 69.2. The summed E-state index contributed by atoms with van der Waals surface area (Å²) in [5.41, 5.74) is 0. The van der Waals surface area contributed by atoms with E-state index in [1.54, 1.807) is 0 Å². The van der Waals surface area contributed by atoms with Crippen molar-refractivity contribution in [3.05, 3.63) is 0 Å². The lowest BCUT2D eigenvalue weighted by atomic mass is 10.0. The van der Waals surface area contributed by atoms with Gasteiger partial charge in [0.1, 0.15) is 13.2 Å². The molecule has 0 radical (unpaired) electrons. The lowest BCUT2D eigenvalue weighted by molar-refractivity contribution is -0.167. The molecule has 0 aromatic rings. The fraction of sp³-hybridized carbons (Fsp3) is 0.961. The molecule has 0 bridgehead atoms. The van der Waals surface area contributed by atoms with Crippen molar-refractivity contribution in [2.45, 2.75) is 457 Å². The first-order chi connectivity index (χ1) is 40.5. The Hall–Kier alpha value is -1.59. The van der Waals surface area contributed by atoms with Gasteiger partial charge in [-0.05, 0) is 19.3 Å². The molecular weight excluding hydrogens is 1010 g/mol. The molecule has 6 nitrogen and oxygen atoms in total. The summed E-state index contributed by atoms with van der Waals surface area (Å²) < 4.78 is 17.0. The van der Waals surface area contributed by atoms with Gasteiger partial charge in [-0.2, -0.15) is 0 Å². The minimum absolute atomic E-state index is 0.0607. The van der Waals surface area contributed by atoms with E-state index in [9.17, 15) is 14.4 Å². The molecule has 0 rings (SSSR count). The van der Waals surface area contributed by atoms with Crippen molar-refractivity contribution >= 4 is 17.9 Å². The summed E-state index contributed by atoms with van der Waals surface area (Å²) in [7, 11) is 0. The Morgan fingerprint density at radius 2 is 0.329 bits per heavy atom. The van der Waals surface area contributed by atoms with Gasteiger partial charge >= 0.3 is 17.9 Å². The van der Waals surface area contributed by atoms with Gasteiger partial charge in [-0.3, -0.25) is 14.4 Å². The molecule has 0 N–H and O–H groups in total. The van der Waals surface area contributed by atoms with Gasteiger partial charge in [0, 0.05) is 19.3 Å². The van der Waals surface area contributed by atoms with Crippen LogP contribution in [0.2, 0.25) is 0 Å². The Morgan fingerprint density at radius 1 is 0.195 bits per heavy atom. The highest BCUT2D eigenvalue weighted by molar-refractivity contribution is 5.71. The van der Waals surface area contributed by atoms with Gasteiger partial charge in [0.2, 0.25) is 0 Å². The lowest BCUT2D eigenvalue weighted by Crippen LogP contribution is -2.30. The maximum atomic E-state index is 12.9. The highest BCUT2D eigenvalue weighted by atomic mass is 16.6. The summed E-state index contributed by atoms with van der Waals surface area (Å²) in [5, 5.41) is 0. The number of unbranched alkanes of at least 4 members (excludes halogenated alkanes) is 61. The van der Waals surface area contributed by atoms with Crippen molar-refractivity contribution in [2.24, 2.45) is 0 Å². The zero-order valence-corrected chi connectivity index (χ0v) is 56.3. The van der Waals surface area contributed by atoms with Gasteiger partial charge in [0.15, 0.2) is 6.10 Å². The Labute approximate surface area is 514 Å². The van der Waals surface area contributed by atoms with Crippen LogP contribution < -0.4 is 0 Å². The summed E-state index contributed by atoms with van der Waals surface area (Å²) >= 11 is 0. The van der Waals surface area contributed by atoms with Crippen molar-refractivity contribution in [3.8, 4) is 0 Å². The van der Waals surface area contributed by atoms with Crippen LogP contribution in [0.15, 0.2) is 0 Å². The number of carbonyl (C=O) groups is 3. The van der Waals surface area contributed by atoms with Crippen LogP contribution in [0.1, 0.15) is 451 Å². The zero-order valence-electron chi connectivity index (χ0n) is 56.3. The maximum Gasteiger partial charge on any atom is 0.306 e. The van der Waals surface area contributed by atoms with Gasteiger partial charge in [-0.15, -0.1) is 0 Å². The fourth-order valence-corrected chi connectivity index (χ4v) is 12.2. The molecule has 0 aliphatic carbocycles. The van der Waals surface area contributed by atoms with Gasteiger partial charge < -0.3 is 14.2 Å². The van der Waals surface area contributed by atoms with Crippen molar-refractivity contribution in [3.63, 3.8) is 0 Å². The standard InChI is InChI=1S/C76H148O6/c1-4-7-10-13-16-19-21-23-25-27-29-31-32-33-34-35-36-37-38-39-40-41-42-43-44-45-47-48-50-52-54-57-60-63-66-69-75(78)81-72-73(71-80-74(77)68-65-62-59-56-18-15-12-9-6-3)82-76(79)70-67-64-61-58-55-53-51-49-46-30-28-26-24-22-20-17-14-11-8-5-2/h73H,4-72H2,1-3H3. The zero-order chi connectivity index (χ0) is 59.2. The number of hydrogen-bond acceptors (Lipinski definition) is 6. The molecule has 0 aliphatic heterocycles. The van der Waals surface area contributed by atoms with Crippen LogP contribution in [0.3, 0.4) is 0 Å². The molecular formula is C76H148O6. The second-order valence-corrected chi connectivity index (χ2v) is 26.3. The summed E-state index contributed by atoms with van der Waals surface area (Å²) in [4.78, 5) is 38.3. The van der Waals surface area contributed by atoms with Crippen LogP contribution in [-0.2, 0) is 28.6 Å². The summed E-state index contributed by atoms with van der Waals surface area (Å²) in [5.74, 6) is -0.825. The van der Waals surface area contributed by atoms with Gasteiger partial charge in [-0.1, -0.05) is 412 Å². The van der Waals surface area contributed by atoms with Crippen LogP contribution in [0.5, 0.6) is 0 Å². The first-order valence-corrected chi connectivity index (χ1v) is 38.0. The lowest BCUT2D eigenvalue weighted by Gasteiger charge is -2.18. The summed E-state index contributed by atoms with van der Waals surface area (Å²) in [6.45, 7) is 6.72. The molecule has 0 spiro atoms. The second-order valence-electron chi connectivity index (χ2n) is 26.3. The average molecular weight is 1160 g/mol. The van der Waals surface area contributed by atoms with Crippen molar-refractivity contribution < 1.29 is 28.6 Å². The predicted octanol–water partition coefficient (Wildman–Crippen LogP) is 26.2. The molecule has 1 atom stereocenters. The molecule has 0 aliphatic rings. The Balaban J connectivity index is 3.95. The monoisotopic (exact) mass is 1160 g/mol. The second kappa shape index (κ2) is 71.9. The third-order valence-corrected chi connectivity index (χ3v) is 17.9. The van der Waals surface area contributed by atoms with E-state index in [4.69, 9.17) is 14.2 Å². The minimum atomic E-state index is -0.762. The smallest absolute Gasteiger partial charge is 0.306 e. The average Bonchev–Trinajstić information content (AvgIpc) is 3.48. The van der Waals surface area contributed by atoms with E-state index in [0.29, 0.717) is 19.3 Å². The highest BCUT2D eigenvalue weighted by Crippen LogP contribution is 2.20. The van der Waals surface area contributed by atoms with Gasteiger partial charge in [-0.25, -0.2) is 0 Å². The summed E-state index contributed by atoms with van der Waals surface area (Å²) in [6.07, 6.45) is 86.2. The van der Waals surface area contributed by atoms with Crippen LogP contribution in [0.4, 0.5) is 0 Å². The molecule has 0 saturated carbocycles. The van der Waals surface area contributed by atoms with E-state index in [0.717, 1.165) is 57.8 Å². The third-order valence-electron chi connectivity index (χ3n) is 17.9. The molecule has 6 heteroatoms. The van der Waals surface area contributed by atoms with E-state index in [1.165, 1.54) is 353 Å². The molecule has 0 fully saturated rings. The molecule has 0 aromatic carbocycles. The molecule has 1 unspecified atom stereocenters. The Kier molecular flexibility index (Phi) is 70.5. The largest absolute Gasteiger partial charge is 0.462 e. The Morgan fingerprint density at radius 3 is 0.488 bits per heavy atom. The van der Waals surface area contributed by atoms with E-state index in [-0.39, 0.29) is 31.1 Å². The molecule has 488 valence electrons. The van der Waals surface area contributed by atoms with E-state index >= 15 is 0 Å². The molecule has 0 saturated heterocycles. The maximum absolute atomic E-state index is 12.9. The number of esters is 3. The van der Waals surface area contributed by atoms with Gasteiger partial charge in [0.05, 0.1) is 0 Å². The first kappa shape index (κ1) is 80.4. The van der Waals surface area contributed by atoms with Crippen LogP contribution >= 0.6 is 0 Å². The number of carbonyl (C=O) groups excluding carboxylic acids is 3. The number of ether oxygens (including phenoxy) is 3. The van der Waals surface area contributed by atoms with Crippen LogP contribution in [-0.4, -0.2) is 37.2 Å². The van der Waals surface area contributed by atoms with Crippen molar-refractivity contribution in [1.29, 1.82) is 0 Å². The van der Waals surface area contributed by atoms with E-state index in [2.05, 4.69) is 20.8 Å². The SMILES string of the molecule is CCCCCCCCCCCCCCCCCCCCCCCCCCCCCCCCCCCCCC(=O)OCC(COC(=O)CCCCCCCCCCC)OC(=O)CCCCCCCCCCCCCCCCCCCCCC. The predicted molar refractivity (Wildman–Crippen MR) is 358 cm³/mol. The topological polar surface area (TPSA) is 78.9 Å². The van der Waals surface area contributed by atoms with Crippen molar-refractivity contribution in [1.82, 2.24) is 0 Å². The quantitative estimate of drug-likeness (QED) is 0.0343. The van der Waals surface area contributed by atoms with E-state index in [1.807, 2.05) is 0 Å². The molecule has 0 aromatic heterocycles. The normalized spacial score (nSPS) is 11.9. The fourth-order valence-electron chi connectivity index (χ4n) is 12.2. The Bertz CT molecular complexity index is 1240. The number of hydrogen-bond donors (Lipinski definition) is 0. The molecule has 0 amide bonds. The van der Waals surface area contributed by atoms with Crippen molar-refractivity contribution in [2.75, 3.05) is 13.2 Å². The van der Waals surface area contributed by atoms with Gasteiger partial charge in [0.25, 0.3) is 0 Å². The van der Waals surface area contributed by atoms with E-state index < -0.39 is 6.10 Å². The molecule has 82 heavy (non-hydrogen) atoms. The summed E-state index contributed by atoms with van der Waals surface area (Å²) in [6, 6.07) is 0.